The molecule has 1 saturated carbocycles. The molecule has 2 N–H and O–H groups in total. The first kappa shape index (κ1) is 11.7. The number of benzene rings is 1. The van der Waals surface area contributed by atoms with Crippen LogP contribution in [0.25, 0.3) is 0 Å². The molecule has 0 bridgehead atoms. The highest BCUT2D eigenvalue weighted by atomic mass is 16.6. The molecule has 4 heteroatoms. The summed E-state index contributed by atoms with van der Waals surface area (Å²) in [5.41, 5.74) is 7.26. The Morgan fingerprint density at radius 1 is 1.28 bits per heavy atom. The molecular formula is C14H19NO3. The van der Waals surface area contributed by atoms with Gasteiger partial charge in [-0.1, -0.05) is 0 Å². The zero-order valence-electron chi connectivity index (χ0n) is 10.9. The van der Waals surface area contributed by atoms with Crippen LogP contribution in [0.4, 0.5) is 0 Å². The minimum Gasteiger partial charge on any atom is -0.496 e. The van der Waals surface area contributed by atoms with Gasteiger partial charge in [-0.05, 0) is 31.9 Å². The molecule has 1 heterocycles. The van der Waals surface area contributed by atoms with Crippen molar-refractivity contribution in [1.29, 1.82) is 0 Å². The van der Waals surface area contributed by atoms with E-state index in [4.69, 9.17) is 19.9 Å². The average Bonchev–Trinajstić information content (AvgIpc) is 3.18. The van der Waals surface area contributed by atoms with Gasteiger partial charge < -0.3 is 19.9 Å². The topological polar surface area (TPSA) is 53.7 Å². The van der Waals surface area contributed by atoms with Crippen LogP contribution in [0.5, 0.6) is 17.2 Å². The number of fused-ring (bicyclic) bond motifs is 1. The third kappa shape index (κ3) is 1.56. The standard InChI is InChI=1S/C14H19NO3/c1-9(15)14(5-6-14)12-10(16-2)3-4-11-13(12)18-8-7-17-11/h3-4,9H,5-8,15H2,1-2H3. The van der Waals surface area contributed by atoms with Crippen molar-refractivity contribution in [1.82, 2.24) is 0 Å². The molecule has 1 aromatic rings. The van der Waals surface area contributed by atoms with E-state index >= 15 is 0 Å². The van der Waals surface area contributed by atoms with Gasteiger partial charge in [-0.15, -0.1) is 0 Å². The Bertz CT molecular complexity index is 466. The second kappa shape index (κ2) is 4.05. The lowest BCUT2D eigenvalue weighted by molar-refractivity contribution is 0.167. The lowest BCUT2D eigenvalue weighted by Gasteiger charge is -2.28. The summed E-state index contributed by atoms with van der Waals surface area (Å²) in [4.78, 5) is 0. The first-order chi connectivity index (χ1) is 8.69. The molecule has 1 unspecified atom stereocenters. The summed E-state index contributed by atoms with van der Waals surface area (Å²) < 4.78 is 17.0. The van der Waals surface area contributed by atoms with E-state index in [9.17, 15) is 0 Å². The van der Waals surface area contributed by atoms with Crippen LogP contribution in [0.1, 0.15) is 25.3 Å². The Hall–Kier alpha value is -1.42. The van der Waals surface area contributed by atoms with Gasteiger partial charge >= 0.3 is 0 Å². The molecular weight excluding hydrogens is 230 g/mol. The summed E-state index contributed by atoms with van der Waals surface area (Å²) in [5.74, 6) is 2.49. The molecule has 2 aliphatic rings. The second-order valence-corrected chi connectivity index (χ2v) is 5.11. The van der Waals surface area contributed by atoms with Crippen molar-refractivity contribution in [2.45, 2.75) is 31.2 Å². The summed E-state index contributed by atoms with van der Waals surface area (Å²) in [6.07, 6.45) is 2.17. The number of methoxy groups -OCH3 is 1. The highest BCUT2D eigenvalue weighted by Gasteiger charge is 2.51. The average molecular weight is 249 g/mol. The molecule has 1 atom stereocenters. The summed E-state index contributed by atoms with van der Waals surface area (Å²) in [6.45, 7) is 3.24. The fourth-order valence-electron chi connectivity index (χ4n) is 2.81. The minimum atomic E-state index is -0.00259. The van der Waals surface area contributed by atoms with Crippen LogP contribution in [0.15, 0.2) is 12.1 Å². The van der Waals surface area contributed by atoms with Gasteiger partial charge in [-0.3, -0.25) is 0 Å². The van der Waals surface area contributed by atoms with Gasteiger partial charge in [0.05, 0.1) is 7.11 Å². The van der Waals surface area contributed by atoms with E-state index < -0.39 is 0 Å². The van der Waals surface area contributed by atoms with Crippen LogP contribution in [-0.2, 0) is 5.41 Å². The molecule has 98 valence electrons. The molecule has 3 rings (SSSR count). The Kier molecular flexibility index (Phi) is 2.63. The van der Waals surface area contributed by atoms with Gasteiger partial charge in [-0.2, -0.15) is 0 Å². The van der Waals surface area contributed by atoms with Gasteiger partial charge in [0.15, 0.2) is 11.5 Å². The van der Waals surface area contributed by atoms with Crippen molar-refractivity contribution in [3.8, 4) is 17.2 Å². The maximum Gasteiger partial charge on any atom is 0.168 e. The Labute approximate surface area is 107 Å². The van der Waals surface area contributed by atoms with Crippen LogP contribution in [0, 0.1) is 0 Å². The molecule has 1 aliphatic heterocycles. The molecule has 1 aromatic carbocycles. The molecule has 0 radical (unpaired) electrons. The molecule has 4 nitrogen and oxygen atoms in total. The van der Waals surface area contributed by atoms with Crippen LogP contribution in [0.3, 0.4) is 0 Å². The zero-order chi connectivity index (χ0) is 12.8. The van der Waals surface area contributed by atoms with Gasteiger partial charge in [0.25, 0.3) is 0 Å². The Morgan fingerprint density at radius 2 is 2.00 bits per heavy atom. The van der Waals surface area contributed by atoms with E-state index in [0.29, 0.717) is 13.2 Å². The largest absolute Gasteiger partial charge is 0.496 e. The number of nitrogens with two attached hydrogens (primary N) is 1. The van der Waals surface area contributed by atoms with Crippen molar-refractivity contribution in [3.63, 3.8) is 0 Å². The molecule has 18 heavy (non-hydrogen) atoms. The number of ether oxygens (including phenoxy) is 3. The van der Waals surface area contributed by atoms with Crippen molar-refractivity contribution in [2.75, 3.05) is 20.3 Å². The van der Waals surface area contributed by atoms with E-state index in [1.54, 1.807) is 7.11 Å². The molecule has 1 fully saturated rings. The number of rotatable bonds is 3. The minimum absolute atomic E-state index is 0.00259. The van der Waals surface area contributed by atoms with Gasteiger partial charge in [0, 0.05) is 17.0 Å². The van der Waals surface area contributed by atoms with Gasteiger partial charge in [0.1, 0.15) is 19.0 Å². The first-order valence-corrected chi connectivity index (χ1v) is 6.42. The molecule has 0 amide bonds. The fraction of sp³-hybridized carbons (Fsp3) is 0.571. The fourth-order valence-corrected chi connectivity index (χ4v) is 2.81. The van der Waals surface area contributed by atoms with Crippen LogP contribution >= 0.6 is 0 Å². The smallest absolute Gasteiger partial charge is 0.168 e. The van der Waals surface area contributed by atoms with Crippen LogP contribution in [0.2, 0.25) is 0 Å². The predicted octanol–water partition coefficient (Wildman–Crippen LogP) is 1.85. The predicted molar refractivity (Wildman–Crippen MR) is 68.5 cm³/mol. The van der Waals surface area contributed by atoms with Crippen molar-refractivity contribution < 1.29 is 14.2 Å². The maximum absolute atomic E-state index is 6.17. The third-order valence-electron chi connectivity index (χ3n) is 4.05. The SMILES string of the molecule is COc1ccc2c(c1C1(C(C)N)CC1)OCCO2. The maximum atomic E-state index is 6.17. The lowest BCUT2D eigenvalue weighted by atomic mass is 9.87. The summed E-state index contributed by atoms with van der Waals surface area (Å²) in [5, 5.41) is 0. The molecule has 0 saturated heterocycles. The van der Waals surface area contributed by atoms with Crippen LogP contribution in [-0.4, -0.2) is 26.4 Å². The molecule has 0 aromatic heterocycles. The van der Waals surface area contributed by atoms with Gasteiger partial charge in [-0.25, -0.2) is 0 Å². The quantitative estimate of drug-likeness (QED) is 0.888. The summed E-state index contributed by atoms with van der Waals surface area (Å²) in [7, 11) is 1.69. The Morgan fingerprint density at radius 3 is 2.61 bits per heavy atom. The van der Waals surface area contributed by atoms with Gasteiger partial charge in [0.2, 0.25) is 0 Å². The number of hydrogen-bond acceptors (Lipinski definition) is 4. The van der Waals surface area contributed by atoms with E-state index in [1.807, 2.05) is 12.1 Å². The van der Waals surface area contributed by atoms with Crippen molar-refractivity contribution in [2.24, 2.45) is 5.73 Å². The monoisotopic (exact) mass is 249 g/mol. The van der Waals surface area contributed by atoms with E-state index in [2.05, 4.69) is 6.92 Å². The van der Waals surface area contributed by atoms with E-state index in [-0.39, 0.29) is 11.5 Å². The highest BCUT2D eigenvalue weighted by molar-refractivity contribution is 5.60. The van der Waals surface area contributed by atoms with Crippen molar-refractivity contribution in [3.05, 3.63) is 17.7 Å². The molecule has 0 spiro atoms. The third-order valence-corrected chi connectivity index (χ3v) is 4.05. The summed E-state index contributed by atoms with van der Waals surface area (Å²) in [6, 6.07) is 3.95. The summed E-state index contributed by atoms with van der Waals surface area (Å²) >= 11 is 0. The van der Waals surface area contributed by atoms with Crippen molar-refractivity contribution >= 4 is 0 Å². The number of hydrogen-bond donors (Lipinski definition) is 1. The van der Waals surface area contributed by atoms with Crippen LogP contribution < -0.4 is 19.9 Å². The zero-order valence-corrected chi connectivity index (χ0v) is 10.9. The first-order valence-electron chi connectivity index (χ1n) is 6.42. The highest BCUT2D eigenvalue weighted by Crippen LogP contribution is 2.58. The normalized spacial score (nSPS) is 21.3. The second-order valence-electron chi connectivity index (χ2n) is 5.11. The lowest BCUT2D eigenvalue weighted by Crippen LogP contribution is -2.33. The van der Waals surface area contributed by atoms with E-state index in [0.717, 1.165) is 35.7 Å². The molecule has 1 aliphatic carbocycles. The van der Waals surface area contributed by atoms with E-state index in [1.165, 1.54) is 0 Å². The Balaban J connectivity index is 2.16.